The van der Waals surface area contributed by atoms with Crippen LogP contribution in [-0.4, -0.2) is 18.1 Å². The number of nitrogens with one attached hydrogen (secondary N) is 1. The molecule has 86 valence electrons. The summed E-state index contributed by atoms with van der Waals surface area (Å²) in [6.07, 6.45) is 5.15. The Kier molecular flexibility index (Phi) is 6.75. The lowest BCUT2D eigenvalue weighted by Gasteiger charge is -2.08. The zero-order valence-electron chi connectivity index (χ0n) is 8.80. The summed E-state index contributed by atoms with van der Waals surface area (Å²) in [7, 11) is 0. The molecule has 0 fully saturated rings. The Labute approximate surface area is 111 Å². The van der Waals surface area contributed by atoms with Gasteiger partial charge in [0, 0.05) is 34.5 Å². The molecule has 0 bridgehead atoms. The van der Waals surface area contributed by atoms with E-state index < -0.39 is 0 Å². The van der Waals surface area contributed by atoms with Gasteiger partial charge < -0.3 is 5.32 Å². The Morgan fingerprint density at radius 3 is 2.62 bits per heavy atom. The number of terminal acetylenes is 1. The molecule has 1 aromatic carbocycles. The van der Waals surface area contributed by atoms with Gasteiger partial charge in [0.15, 0.2) is 0 Å². The van der Waals surface area contributed by atoms with Crippen molar-refractivity contribution in [3.8, 4) is 12.3 Å². The first-order valence-electron chi connectivity index (χ1n) is 4.90. The fourth-order valence-corrected chi connectivity index (χ4v) is 2.27. The Morgan fingerprint density at radius 2 is 2.00 bits per heavy atom. The molecule has 1 rings (SSSR count). The average Bonchev–Trinajstić information content (AvgIpc) is 2.26. The minimum atomic E-state index is 0.690. The van der Waals surface area contributed by atoms with Crippen molar-refractivity contribution in [3.05, 3.63) is 33.8 Å². The smallest absolute Gasteiger partial charge is 0.0545 e. The summed E-state index contributed by atoms with van der Waals surface area (Å²) >= 11 is 13.8. The molecule has 0 aliphatic rings. The van der Waals surface area contributed by atoms with Gasteiger partial charge in [-0.2, -0.15) is 0 Å². The van der Waals surface area contributed by atoms with Gasteiger partial charge in [0.2, 0.25) is 0 Å². The van der Waals surface area contributed by atoms with Gasteiger partial charge in [-0.05, 0) is 12.1 Å². The van der Waals surface area contributed by atoms with E-state index in [4.69, 9.17) is 29.6 Å². The third-order valence-corrected chi connectivity index (χ3v) is 3.54. The maximum absolute atomic E-state index is 6.04. The first kappa shape index (κ1) is 13.7. The highest BCUT2D eigenvalue weighted by Crippen LogP contribution is 2.23. The second-order valence-corrected chi connectivity index (χ2v) is 5.05. The monoisotopic (exact) mass is 273 g/mol. The molecule has 0 saturated carbocycles. The summed E-state index contributed by atoms with van der Waals surface area (Å²) in [5.41, 5.74) is 0.952. The number of thioether (sulfide) groups is 1. The van der Waals surface area contributed by atoms with Crippen LogP contribution in [0.25, 0.3) is 0 Å². The van der Waals surface area contributed by atoms with Crippen LogP contribution < -0.4 is 5.32 Å². The summed E-state index contributed by atoms with van der Waals surface area (Å²) in [5.74, 6) is 4.34. The molecule has 0 aromatic heterocycles. The fraction of sp³-hybridized carbons (Fsp3) is 0.333. The highest BCUT2D eigenvalue weighted by atomic mass is 35.5. The van der Waals surface area contributed by atoms with Crippen molar-refractivity contribution >= 4 is 35.0 Å². The summed E-state index contributed by atoms with van der Waals surface area (Å²) in [5, 5.41) is 4.69. The van der Waals surface area contributed by atoms with Gasteiger partial charge in [0.1, 0.15) is 0 Å². The van der Waals surface area contributed by atoms with Crippen LogP contribution in [0.1, 0.15) is 5.56 Å². The van der Waals surface area contributed by atoms with E-state index in [1.165, 1.54) is 0 Å². The second-order valence-electron chi connectivity index (χ2n) is 3.13. The lowest BCUT2D eigenvalue weighted by Crippen LogP contribution is -2.17. The number of hydrogen-bond donors (Lipinski definition) is 1. The highest BCUT2D eigenvalue weighted by Gasteiger charge is 2.03. The van der Waals surface area contributed by atoms with E-state index in [1.807, 2.05) is 18.2 Å². The van der Waals surface area contributed by atoms with E-state index in [2.05, 4.69) is 11.2 Å². The maximum Gasteiger partial charge on any atom is 0.0545 e. The molecule has 0 radical (unpaired) electrons. The number of hydrogen-bond acceptors (Lipinski definition) is 2. The molecule has 1 aromatic rings. The van der Waals surface area contributed by atoms with Crippen LogP contribution in [0.3, 0.4) is 0 Å². The number of benzene rings is 1. The van der Waals surface area contributed by atoms with Crippen LogP contribution in [0.4, 0.5) is 0 Å². The number of rotatable bonds is 6. The quantitative estimate of drug-likeness (QED) is 0.630. The van der Waals surface area contributed by atoms with Gasteiger partial charge in [-0.3, -0.25) is 0 Å². The van der Waals surface area contributed by atoms with Crippen molar-refractivity contribution in [1.29, 1.82) is 0 Å². The first-order valence-corrected chi connectivity index (χ1v) is 6.81. The van der Waals surface area contributed by atoms with Gasteiger partial charge in [-0.1, -0.05) is 35.2 Å². The number of halogens is 2. The zero-order valence-corrected chi connectivity index (χ0v) is 11.1. The summed E-state index contributed by atoms with van der Waals surface area (Å²) in [4.78, 5) is 0. The standard InChI is InChI=1S/C12H13Cl2NS/c1-2-7-16-8-6-15-9-10-11(13)4-3-5-12(10)14/h1,3-5,15H,6-9H2. The molecule has 0 unspecified atom stereocenters. The molecule has 4 heteroatoms. The average molecular weight is 274 g/mol. The summed E-state index contributed by atoms with van der Waals surface area (Å²) in [6.45, 7) is 1.59. The third kappa shape index (κ3) is 4.67. The minimum absolute atomic E-state index is 0.690. The molecule has 16 heavy (non-hydrogen) atoms. The summed E-state index contributed by atoms with van der Waals surface area (Å²) in [6, 6.07) is 5.53. The van der Waals surface area contributed by atoms with E-state index in [0.717, 1.165) is 23.6 Å². The van der Waals surface area contributed by atoms with E-state index in [-0.39, 0.29) is 0 Å². The largest absolute Gasteiger partial charge is 0.312 e. The van der Waals surface area contributed by atoms with Gasteiger partial charge >= 0.3 is 0 Å². The molecule has 0 heterocycles. The zero-order chi connectivity index (χ0) is 11.8. The lowest BCUT2D eigenvalue weighted by molar-refractivity contribution is 0.732. The first-order chi connectivity index (χ1) is 7.75. The van der Waals surface area contributed by atoms with Crippen LogP contribution in [0.2, 0.25) is 10.0 Å². The Balaban J connectivity index is 2.30. The Bertz CT molecular complexity index is 354. The lowest BCUT2D eigenvalue weighted by atomic mass is 10.2. The van der Waals surface area contributed by atoms with Crippen LogP contribution in [0.5, 0.6) is 0 Å². The normalized spacial score (nSPS) is 10.1. The van der Waals surface area contributed by atoms with Crippen LogP contribution in [0.15, 0.2) is 18.2 Å². The predicted octanol–water partition coefficient (Wildman–Crippen LogP) is 3.45. The molecular weight excluding hydrogens is 261 g/mol. The topological polar surface area (TPSA) is 12.0 Å². The molecule has 1 N–H and O–H groups in total. The minimum Gasteiger partial charge on any atom is -0.312 e. The summed E-state index contributed by atoms with van der Waals surface area (Å²) < 4.78 is 0. The fourth-order valence-electron chi connectivity index (χ4n) is 1.19. The SMILES string of the molecule is C#CCSCCNCc1c(Cl)cccc1Cl. The van der Waals surface area contributed by atoms with E-state index in [1.54, 1.807) is 11.8 Å². The van der Waals surface area contributed by atoms with Crippen molar-refractivity contribution in [3.63, 3.8) is 0 Å². The van der Waals surface area contributed by atoms with Crippen LogP contribution in [-0.2, 0) is 6.54 Å². The second kappa shape index (κ2) is 7.86. The Morgan fingerprint density at radius 1 is 1.31 bits per heavy atom. The Hall–Kier alpha value is -0.330. The van der Waals surface area contributed by atoms with Crippen molar-refractivity contribution in [2.45, 2.75) is 6.54 Å². The van der Waals surface area contributed by atoms with E-state index >= 15 is 0 Å². The third-order valence-electron chi connectivity index (χ3n) is 1.97. The van der Waals surface area contributed by atoms with Gasteiger partial charge in [-0.25, -0.2) is 0 Å². The molecule has 0 saturated heterocycles. The molecule has 0 aliphatic heterocycles. The van der Waals surface area contributed by atoms with Crippen LogP contribution in [0, 0.1) is 12.3 Å². The van der Waals surface area contributed by atoms with Crippen molar-refractivity contribution < 1.29 is 0 Å². The molecule has 1 nitrogen and oxygen atoms in total. The molecule has 0 amide bonds. The highest BCUT2D eigenvalue weighted by molar-refractivity contribution is 7.99. The molecule has 0 spiro atoms. The van der Waals surface area contributed by atoms with Crippen LogP contribution >= 0.6 is 35.0 Å². The van der Waals surface area contributed by atoms with Gasteiger partial charge in [0.05, 0.1) is 5.75 Å². The van der Waals surface area contributed by atoms with E-state index in [0.29, 0.717) is 16.6 Å². The van der Waals surface area contributed by atoms with Crippen molar-refractivity contribution in [2.24, 2.45) is 0 Å². The van der Waals surface area contributed by atoms with Gasteiger partial charge in [-0.15, -0.1) is 18.2 Å². The van der Waals surface area contributed by atoms with Crippen molar-refractivity contribution in [2.75, 3.05) is 18.1 Å². The van der Waals surface area contributed by atoms with E-state index in [9.17, 15) is 0 Å². The predicted molar refractivity (Wildman–Crippen MR) is 74.3 cm³/mol. The molecule has 0 atom stereocenters. The van der Waals surface area contributed by atoms with Gasteiger partial charge in [0.25, 0.3) is 0 Å². The van der Waals surface area contributed by atoms with Crippen molar-refractivity contribution in [1.82, 2.24) is 5.32 Å². The molecule has 0 aliphatic carbocycles. The maximum atomic E-state index is 6.04. The molecular formula is C12H13Cl2NS.